The Morgan fingerprint density at radius 1 is 1.20 bits per heavy atom. The molecule has 2 aromatic rings. The van der Waals surface area contributed by atoms with Crippen molar-refractivity contribution in [2.45, 2.75) is 12.1 Å². The van der Waals surface area contributed by atoms with Gasteiger partial charge in [0, 0.05) is 31.5 Å². The lowest BCUT2D eigenvalue weighted by Crippen LogP contribution is -2.10. The van der Waals surface area contributed by atoms with Crippen molar-refractivity contribution in [2.75, 3.05) is 30.6 Å². The number of anilines is 3. The molecule has 6 heteroatoms. The maximum Gasteiger partial charge on any atom is 0.190 e. The van der Waals surface area contributed by atoms with Crippen molar-refractivity contribution < 1.29 is 0 Å². The minimum absolute atomic E-state index is 0.437. The summed E-state index contributed by atoms with van der Waals surface area (Å²) in [5.41, 5.74) is 3.37. The fourth-order valence-corrected chi connectivity index (χ4v) is 2.48. The van der Waals surface area contributed by atoms with E-state index in [1.807, 2.05) is 26.4 Å². The molecule has 0 amide bonds. The van der Waals surface area contributed by atoms with Crippen LogP contribution in [-0.2, 0) is 0 Å². The van der Waals surface area contributed by atoms with Crippen LogP contribution < -0.4 is 10.2 Å². The summed E-state index contributed by atoms with van der Waals surface area (Å²) in [4.78, 5) is 10.6. The highest BCUT2D eigenvalue weighted by Crippen LogP contribution is 2.26. The van der Waals surface area contributed by atoms with Crippen molar-refractivity contribution in [1.29, 1.82) is 0 Å². The molecule has 0 aliphatic heterocycles. The number of hydrogen-bond donors (Lipinski definition) is 1. The Morgan fingerprint density at radius 3 is 2.60 bits per heavy atom. The first-order chi connectivity index (χ1) is 9.49. The first-order valence-electron chi connectivity index (χ1n) is 6.13. The van der Waals surface area contributed by atoms with Crippen molar-refractivity contribution in [1.82, 2.24) is 9.97 Å². The number of nitrogens with zero attached hydrogens (tertiary/aromatic N) is 3. The lowest BCUT2D eigenvalue weighted by atomic mass is 10.1. The van der Waals surface area contributed by atoms with Gasteiger partial charge in [0.05, 0.1) is 0 Å². The minimum atomic E-state index is 0.437. The summed E-state index contributed by atoms with van der Waals surface area (Å²) in [7, 11) is 4.05. The molecule has 1 N–H and O–H groups in total. The summed E-state index contributed by atoms with van der Waals surface area (Å²) in [6, 6.07) is 7.91. The van der Waals surface area contributed by atoms with Crippen LogP contribution in [-0.4, -0.2) is 30.3 Å². The van der Waals surface area contributed by atoms with Crippen LogP contribution in [0.15, 0.2) is 29.4 Å². The molecule has 1 aromatic heterocycles. The van der Waals surface area contributed by atoms with Crippen molar-refractivity contribution in [3.8, 4) is 0 Å². The molecule has 0 aliphatic rings. The van der Waals surface area contributed by atoms with Gasteiger partial charge in [-0.2, -0.15) is 0 Å². The van der Waals surface area contributed by atoms with Crippen molar-refractivity contribution in [3.05, 3.63) is 35.0 Å². The first kappa shape index (κ1) is 14.9. The second-order valence-corrected chi connectivity index (χ2v) is 5.74. The zero-order chi connectivity index (χ0) is 14.7. The van der Waals surface area contributed by atoms with Crippen LogP contribution in [0.3, 0.4) is 0 Å². The molecule has 0 spiro atoms. The van der Waals surface area contributed by atoms with Crippen molar-refractivity contribution in [2.24, 2.45) is 0 Å². The Labute approximate surface area is 128 Å². The van der Waals surface area contributed by atoms with E-state index >= 15 is 0 Å². The highest BCUT2D eigenvalue weighted by Gasteiger charge is 2.06. The van der Waals surface area contributed by atoms with Gasteiger partial charge in [-0.25, -0.2) is 9.97 Å². The fourth-order valence-electron chi connectivity index (χ4n) is 1.87. The van der Waals surface area contributed by atoms with Gasteiger partial charge < -0.3 is 10.2 Å². The highest BCUT2D eigenvalue weighted by atomic mass is 35.5. The first-order valence-corrected chi connectivity index (χ1v) is 7.73. The lowest BCUT2D eigenvalue weighted by molar-refractivity contribution is 0.976. The number of thioether (sulfide) groups is 1. The van der Waals surface area contributed by atoms with E-state index in [2.05, 4.69) is 39.2 Å². The molecule has 0 bridgehead atoms. The Balaban J connectivity index is 2.30. The Morgan fingerprint density at radius 2 is 1.95 bits per heavy atom. The third kappa shape index (κ3) is 3.55. The van der Waals surface area contributed by atoms with Crippen molar-refractivity contribution in [3.63, 3.8) is 0 Å². The number of aromatic nitrogens is 2. The molecule has 0 atom stereocenters. The molecule has 0 unspecified atom stereocenters. The Kier molecular flexibility index (Phi) is 4.73. The maximum absolute atomic E-state index is 5.99. The topological polar surface area (TPSA) is 41.1 Å². The number of halogens is 1. The van der Waals surface area contributed by atoms with Gasteiger partial charge in [-0.3, -0.25) is 0 Å². The summed E-state index contributed by atoms with van der Waals surface area (Å²) in [6.45, 7) is 2.09. The van der Waals surface area contributed by atoms with Gasteiger partial charge in [-0.15, -0.1) is 0 Å². The quantitative estimate of drug-likeness (QED) is 0.526. The average Bonchev–Trinajstić information content (AvgIpc) is 2.40. The summed E-state index contributed by atoms with van der Waals surface area (Å²) in [5.74, 6) is 0.697. The van der Waals surface area contributed by atoms with E-state index in [-0.39, 0.29) is 0 Å². The average molecular weight is 309 g/mol. The predicted octanol–water partition coefficient (Wildman–Crippen LogP) is 3.97. The summed E-state index contributed by atoms with van der Waals surface area (Å²) >= 11 is 7.45. The number of hydrogen-bond acceptors (Lipinski definition) is 5. The lowest BCUT2D eigenvalue weighted by Gasteiger charge is -2.17. The van der Waals surface area contributed by atoms with Crippen LogP contribution in [0.25, 0.3) is 0 Å². The second kappa shape index (κ2) is 6.33. The molecule has 0 fully saturated rings. The number of rotatable bonds is 4. The standard InChI is InChI=1S/C14H17ClN4S/c1-9-5-6-10(7-11(9)19(2)3)16-13-8-12(15)17-14(18-13)20-4/h5-8H,1-4H3,(H,16,17,18). The van der Waals surface area contributed by atoms with Gasteiger partial charge in [0.25, 0.3) is 0 Å². The number of nitrogens with one attached hydrogen (secondary N) is 1. The molecule has 4 nitrogen and oxygen atoms in total. The van der Waals surface area contributed by atoms with Gasteiger partial charge in [-0.05, 0) is 30.9 Å². The Bertz CT molecular complexity index is 616. The fraction of sp³-hybridized carbons (Fsp3) is 0.286. The molecule has 0 saturated heterocycles. The van der Waals surface area contributed by atoms with Crippen LogP contribution in [0.4, 0.5) is 17.2 Å². The van der Waals surface area contributed by atoms with Gasteiger partial charge in [0.1, 0.15) is 11.0 Å². The van der Waals surface area contributed by atoms with Crippen LogP contribution in [0.2, 0.25) is 5.15 Å². The molecule has 1 aromatic carbocycles. The molecular formula is C14H17ClN4S. The van der Waals surface area contributed by atoms with E-state index in [1.165, 1.54) is 23.0 Å². The highest BCUT2D eigenvalue weighted by molar-refractivity contribution is 7.98. The second-order valence-electron chi connectivity index (χ2n) is 4.58. The number of aryl methyl sites for hydroxylation is 1. The predicted molar refractivity (Wildman–Crippen MR) is 87.6 cm³/mol. The SMILES string of the molecule is CSc1nc(Cl)cc(Nc2ccc(C)c(N(C)C)c2)n1. The zero-order valence-corrected chi connectivity index (χ0v) is 13.5. The largest absolute Gasteiger partial charge is 0.377 e. The summed E-state index contributed by atoms with van der Waals surface area (Å²) in [5, 5.41) is 4.36. The molecule has 0 saturated carbocycles. The van der Waals surface area contributed by atoms with E-state index in [0.29, 0.717) is 16.1 Å². The van der Waals surface area contributed by atoms with Gasteiger partial charge in [0.2, 0.25) is 0 Å². The Hall–Kier alpha value is -1.46. The van der Waals surface area contributed by atoms with E-state index in [0.717, 1.165) is 5.69 Å². The molecule has 2 rings (SSSR count). The van der Waals surface area contributed by atoms with E-state index < -0.39 is 0 Å². The van der Waals surface area contributed by atoms with Gasteiger partial charge >= 0.3 is 0 Å². The van der Waals surface area contributed by atoms with E-state index in [1.54, 1.807) is 6.07 Å². The van der Waals surface area contributed by atoms with Crippen LogP contribution in [0, 0.1) is 6.92 Å². The number of benzene rings is 1. The normalized spacial score (nSPS) is 10.4. The van der Waals surface area contributed by atoms with Crippen molar-refractivity contribution >= 4 is 40.6 Å². The van der Waals surface area contributed by atoms with Crippen LogP contribution in [0.5, 0.6) is 0 Å². The summed E-state index contributed by atoms with van der Waals surface area (Å²) < 4.78 is 0. The maximum atomic E-state index is 5.99. The van der Waals surface area contributed by atoms with E-state index in [4.69, 9.17) is 11.6 Å². The zero-order valence-electron chi connectivity index (χ0n) is 11.9. The van der Waals surface area contributed by atoms with Crippen LogP contribution >= 0.6 is 23.4 Å². The molecule has 1 heterocycles. The summed E-state index contributed by atoms with van der Waals surface area (Å²) in [6.07, 6.45) is 1.92. The van der Waals surface area contributed by atoms with E-state index in [9.17, 15) is 0 Å². The monoisotopic (exact) mass is 308 g/mol. The van der Waals surface area contributed by atoms with Gasteiger partial charge in [-0.1, -0.05) is 29.4 Å². The molecule has 106 valence electrons. The molecule has 0 aliphatic carbocycles. The van der Waals surface area contributed by atoms with Crippen LogP contribution in [0.1, 0.15) is 5.56 Å². The minimum Gasteiger partial charge on any atom is -0.377 e. The third-order valence-corrected chi connectivity index (χ3v) is 3.56. The smallest absolute Gasteiger partial charge is 0.190 e. The third-order valence-electron chi connectivity index (χ3n) is 2.82. The van der Waals surface area contributed by atoms with Gasteiger partial charge in [0.15, 0.2) is 5.16 Å². The molecular weight excluding hydrogens is 292 g/mol. The molecule has 20 heavy (non-hydrogen) atoms. The molecule has 0 radical (unpaired) electrons.